The number of fused-ring (bicyclic) bond motifs is 13. The molecule has 0 N–H and O–H groups in total. The van der Waals surface area contributed by atoms with Crippen LogP contribution in [0, 0.1) is 13.8 Å². The summed E-state index contributed by atoms with van der Waals surface area (Å²) in [4.78, 5) is 8.28. The molecule has 8 aromatic rings. The van der Waals surface area contributed by atoms with E-state index in [4.69, 9.17) is 0 Å². The molecule has 0 aromatic heterocycles. The lowest BCUT2D eigenvalue weighted by Crippen LogP contribution is -2.62. The van der Waals surface area contributed by atoms with E-state index in [2.05, 4.69) is 272 Å². The van der Waals surface area contributed by atoms with Crippen LogP contribution in [0.5, 0.6) is 0 Å². The third kappa shape index (κ3) is 6.62. The molecule has 2 atom stereocenters. The van der Waals surface area contributed by atoms with Gasteiger partial charge in [-0.1, -0.05) is 195 Å². The molecule has 4 heteroatoms. The molecule has 15 rings (SSSR count). The minimum atomic E-state index is -0.225. The molecule has 0 spiro atoms. The first kappa shape index (κ1) is 52.1. The van der Waals surface area contributed by atoms with E-state index in [-0.39, 0.29) is 50.2 Å². The Morgan fingerprint density at radius 2 is 0.988 bits per heavy atom. The molecule has 7 aliphatic rings. The Morgan fingerprint density at radius 1 is 0.415 bits per heavy atom. The van der Waals surface area contributed by atoms with Crippen molar-refractivity contribution in [2.24, 2.45) is 0 Å². The van der Waals surface area contributed by atoms with Gasteiger partial charge in [-0.05, 0) is 205 Å². The third-order valence-electron chi connectivity index (χ3n) is 22.9. The van der Waals surface area contributed by atoms with Crippen molar-refractivity contribution in [3.8, 4) is 11.1 Å². The van der Waals surface area contributed by atoms with Gasteiger partial charge in [0, 0.05) is 67.2 Å². The van der Waals surface area contributed by atoms with Crippen LogP contribution in [0.25, 0.3) is 11.1 Å². The number of nitrogens with zero attached hydrogens (tertiary/aromatic N) is 3. The number of anilines is 8. The minimum absolute atomic E-state index is 0.00132. The van der Waals surface area contributed by atoms with E-state index in [1.165, 1.54) is 159 Å². The van der Waals surface area contributed by atoms with Gasteiger partial charge in [-0.15, -0.1) is 0 Å². The lowest BCUT2D eigenvalue weighted by molar-refractivity contribution is 0.195. The van der Waals surface area contributed by atoms with Crippen molar-refractivity contribution in [3.05, 3.63) is 206 Å². The molecule has 1 fully saturated rings. The summed E-state index contributed by atoms with van der Waals surface area (Å²) in [6.45, 7) is 41.7. The summed E-state index contributed by atoms with van der Waals surface area (Å²) < 4.78 is 0. The van der Waals surface area contributed by atoms with Crippen LogP contribution in [-0.4, -0.2) is 12.3 Å². The van der Waals surface area contributed by atoms with Crippen LogP contribution in [0.15, 0.2) is 140 Å². The highest BCUT2D eigenvalue weighted by molar-refractivity contribution is 7.00. The third-order valence-corrected chi connectivity index (χ3v) is 22.9. The molecule has 0 radical (unpaired) electrons. The molecule has 414 valence electrons. The van der Waals surface area contributed by atoms with E-state index in [1.54, 1.807) is 0 Å². The number of rotatable bonds is 3. The molecule has 2 unspecified atom stereocenters. The highest BCUT2D eigenvalue weighted by atomic mass is 15.3. The van der Waals surface area contributed by atoms with E-state index < -0.39 is 0 Å². The molecule has 82 heavy (non-hydrogen) atoms. The topological polar surface area (TPSA) is 9.72 Å². The van der Waals surface area contributed by atoms with Gasteiger partial charge in [-0.3, -0.25) is 0 Å². The van der Waals surface area contributed by atoms with Crippen LogP contribution in [0.2, 0.25) is 0 Å². The summed E-state index contributed by atoms with van der Waals surface area (Å²) in [5.74, 6) is 0. The maximum Gasteiger partial charge on any atom is 0.252 e. The Morgan fingerprint density at radius 3 is 1.68 bits per heavy atom. The first-order chi connectivity index (χ1) is 38.6. The van der Waals surface area contributed by atoms with Gasteiger partial charge < -0.3 is 14.7 Å². The lowest BCUT2D eigenvalue weighted by Gasteiger charge is -2.51. The fourth-order valence-corrected chi connectivity index (χ4v) is 18.5. The standard InChI is InChI=1S/C78H84BN3/c1-46-36-68-70-69(37-46)81(65-43-58-57(38-47(65)2)72(6,7)45-73(58,8)9)67-44-60-59(75(12,13)54-26-20-21-27-55(54)76(60,14)15)42-63(67)79(70)62-32-30-50(82-64-33-28-48(71(3,4)5)39-61(64)77(16)34-22-23-35-78(77,82)17)41-66(62)80(68)49-29-31-52-51-24-18-19-25-53(51)74(10,11)56(52)40-49/h18-21,24-33,36-44H,22-23,34-35,45H2,1-17H3. The van der Waals surface area contributed by atoms with Crippen molar-refractivity contribution >= 4 is 68.6 Å². The summed E-state index contributed by atoms with van der Waals surface area (Å²) in [7, 11) is 0. The van der Waals surface area contributed by atoms with E-state index >= 15 is 0 Å². The zero-order valence-electron chi connectivity index (χ0n) is 52.2. The van der Waals surface area contributed by atoms with Crippen molar-refractivity contribution in [2.45, 2.75) is 193 Å². The maximum atomic E-state index is 2.82. The van der Waals surface area contributed by atoms with Gasteiger partial charge >= 0.3 is 0 Å². The second kappa shape index (κ2) is 16.3. The smallest absolute Gasteiger partial charge is 0.252 e. The Hall–Kier alpha value is -6.78. The Balaban J connectivity index is 1.04. The Bertz CT molecular complexity index is 4140. The van der Waals surface area contributed by atoms with Crippen molar-refractivity contribution in [3.63, 3.8) is 0 Å². The molecular weight excluding hydrogens is 990 g/mol. The van der Waals surface area contributed by atoms with Crippen molar-refractivity contribution in [1.29, 1.82) is 0 Å². The van der Waals surface area contributed by atoms with E-state index in [0.29, 0.717) is 0 Å². The molecule has 0 saturated heterocycles. The van der Waals surface area contributed by atoms with Crippen LogP contribution >= 0.6 is 0 Å². The average Bonchev–Trinajstić information content (AvgIpc) is 1.12. The van der Waals surface area contributed by atoms with Gasteiger partial charge in [0.15, 0.2) is 0 Å². The summed E-state index contributed by atoms with van der Waals surface area (Å²) in [5.41, 5.74) is 33.7. The second-order valence-corrected chi connectivity index (χ2v) is 31.0. The van der Waals surface area contributed by atoms with Gasteiger partial charge in [-0.25, -0.2) is 0 Å². The molecule has 1 saturated carbocycles. The Labute approximate surface area is 491 Å². The molecule has 0 amide bonds. The van der Waals surface area contributed by atoms with Crippen LogP contribution in [0.4, 0.5) is 45.5 Å². The van der Waals surface area contributed by atoms with Crippen LogP contribution in [0.3, 0.4) is 0 Å². The summed E-state index contributed by atoms with van der Waals surface area (Å²) in [6, 6.07) is 56.9. The number of hydrogen-bond donors (Lipinski definition) is 0. The van der Waals surface area contributed by atoms with Gasteiger partial charge in [0.05, 0.1) is 5.54 Å². The fourth-order valence-electron chi connectivity index (χ4n) is 18.5. The monoisotopic (exact) mass is 1070 g/mol. The SMILES string of the molecule is Cc1cc2c3c(c1)N(c1cc4c(cc1C)C(C)(C)CC4(C)C)c1cc4c(cc1B3c1ccc(N3c5ccc(C(C)(C)C)cc5C5(C)CCCCC35C)cc1N2c1ccc2c(c1)C(C)(C)c1ccccc1-2)C(C)(C)c1ccccc1C4(C)C. The van der Waals surface area contributed by atoms with E-state index in [1.807, 2.05) is 0 Å². The predicted molar refractivity (Wildman–Crippen MR) is 350 cm³/mol. The first-order valence-electron chi connectivity index (χ1n) is 31.1. The molecule has 0 bridgehead atoms. The minimum Gasteiger partial charge on any atom is -0.334 e. The zero-order valence-corrected chi connectivity index (χ0v) is 52.2. The summed E-state index contributed by atoms with van der Waals surface area (Å²) >= 11 is 0. The molecule has 3 heterocycles. The molecule has 4 aliphatic carbocycles. The van der Waals surface area contributed by atoms with Gasteiger partial charge in [0.2, 0.25) is 0 Å². The lowest BCUT2D eigenvalue weighted by atomic mass is 9.33. The summed E-state index contributed by atoms with van der Waals surface area (Å²) in [5, 5.41) is 0. The van der Waals surface area contributed by atoms with Crippen molar-refractivity contribution in [1.82, 2.24) is 0 Å². The summed E-state index contributed by atoms with van der Waals surface area (Å²) in [6.07, 6.45) is 5.97. The molecule has 8 aromatic carbocycles. The average molecular weight is 1070 g/mol. The molecule has 3 aliphatic heterocycles. The predicted octanol–water partition coefficient (Wildman–Crippen LogP) is 18.7. The number of aryl methyl sites for hydroxylation is 2. The van der Waals surface area contributed by atoms with Crippen molar-refractivity contribution < 1.29 is 0 Å². The highest BCUT2D eigenvalue weighted by Crippen LogP contribution is 2.63. The van der Waals surface area contributed by atoms with Gasteiger partial charge in [-0.2, -0.15) is 0 Å². The van der Waals surface area contributed by atoms with Gasteiger partial charge in [0.25, 0.3) is 6.71 Å². The second-order valence-electron chi connectivity index (χ2n) is 31.0. The maximum absolute atomic E-state index is 2.82. The van der Waals surface area contributed by atoms with E-state index in [9.17, 15) is 0 Å². The molecular formula is C78H84BN3. The highest BCUT2D eigenvalue weighted by Gasteiger charge is 2.58. The van der Waals surface area contributed by atoms with E-state index in [0.717, 1.165) is 12.8 Å². The van der Waals surface area contributed by atoms with Gasteiger partial charge in [0.1, 0.15) is 0 Å². The largest absolute Gasteiger partial charge is 0.334 e. The number of benzene rings is 8. The van der Waals surface area contributed by atoms with Crippen molar-refractivity contribution in [2.75, 3.05) is 14.7 Å². The van der Waals surface area contributed by atoms with Crippen LogP contribution in [0.1, 0.15) is 203 Å². The quantitative estimate of drug-likeness (QED) is 0.163. The molecule has 3 nitrogen and oxygen atoms in total. The van der Waals surface area contributed by atoms with Crippen LogP contribution < -0.4 is 31.1 Å². The fraction of sp³-hybridized carbons (Fsp3) is 0.385. The van der Waals surface area contributed by atoms with Crippen LogP contribution in [-0.2, 0) is 37.9 Å². The first-order valence-corrected chi connectivity index (χ1v) is 31.1. The normalized spacial score (nSPS) is 22.7. The Kier molecular flexibility index (Phi) is 10.4. The number of hydrogen-bond acceptors (Lipinski definition) is 3. The zero-order chi connectivity index (χ0) is 57.5.